The predicted octanol–water partition coefficient (Wildman–Crippen LogP) is -0.336. The van der Waals surface area contributed by atoms with Crippen LogP contribution in [-0.2, 0) is 11.3 Å². The minimum Gasteiger partial charge on any atom is -0.760 e. The molecule has 0 heterocycles. The van der Waals surface area contributed by atoms with Crippen molar-refractivity contribution >= 4 is 11.3 Å². The summed E-state index contributed by atoms with van der Waals surface area (Å²) in [5, 5.41) is 0. The minimum absolute atomic E-state index is 0.556. The number of hydrogen-bond donors (Lipinski definition) is 0. The van der Waals surface area contributed by atoms with Crippen molar-refractivity contribution in [2.75, 3.05) is 33.7 Å². The first-order valence-electron chi connectivity index (χ1n) is 3.57. The van der Waals surface area contributed by atoms with Crippen molar-refractivity contribution in [3.8, 4) is 0 Å². The van der Waals surface area contributed by atoms with Gasteiger partial charge < -0.3 is 9.45 Å². The largest absolute Gasteiger partial charge is 0.760 e. The Labute approximate surface area is 70.6 Å². The third-order valence-electron chi connectivity index (χ3n) is 1.59. The van der Waals surface area contributed by atoms with E-state index in [1.165, 1.54) is 4.31 Å². The Hall–Kier alpha value is 0.0300. The van der Waals surface area contributed by atoms with Crippen LogP contribution in [0.4, 0.5) is 0 Å². The average Bonchev–Trinajstić information content (AvgIpc) is 1.99. The van der Waals surface area contributed by atoms with Crippen molar-refractivity contribution in [3.63, 3.8) is 0 Å². The van der Waals surface area contributed by atoms with E-state index in [-0.39, 0.29) is 0 Å². The van der Waals surface area contributed by atoms with Crippen LogP contribution in [0.1, 0.15) is 6.92 Å². The van der Waals surface area contributed by atoms with Gasteiger partial charge in [-0.25, -0.2) is 4.31 Å². The fourth-order valence-electron chi connectivity index (χ4n) is 0.544. The van der Waals surface area contributed by atoms with Gasteiger partial charge in [0.15, 0.2) is 0 Å². The second kappa shape index (κ2) is 5.65. The van der Waals surface area contributed by atoms with E-state index >= 15 is 0 Å². The molecule has 5 heteroatoms. The van der Waals surface area contributed by atoms with E-state index in [0.29, 0.717) is 6.54 Å². The molecule has 0 fully saturated rings. The van der Waals surface area contributed by atoms with E-state index in [4.69, 9.17) is 0 Å². The summed E-state index contributed by atoms with van der Waals surface area (Å²) in [4.78, 5) is 2.06. The van der Waals surface area contributed by atoms with Gasteiger partial charge in [0.1, 0.15) is 0 Å². The Morgan fingerprint density at radius 2 is 1.91 bits per heavy atom. The monoisotopic (exact) mass is 179 g/mol. The van der Waals surface area contributed by atoms with E-state index in [1.807, 2.05) is 14.0 Å². The summed E-state index contributed by atoms with van der Waals surface area (Å²) in [6, 6.07) is 0. The molecule has 1 unspecified atom stereocenters. The predicted molar refractivity (Wildman–Crippen MR) is 44.7 cm³/mol. The molecule has 0 spiro atoms. The molecule has 0 saturated carbocycles. The Kier molecular flexibility index (Phi) is 5.67. The number of rotatable bonds is 5. The quantitative estimate of drug-likeness (QED) is 0.543. The molecule has 0 aromatic rings. The molecule has 0 aliphatic heterocycles. The van der Waals surface area contributed by atoms with Crippen molar-refractivity contribution in [2.45, 2.75) is 6.92 Å². The van der Waals surface area contributed by atoms with Crippen molar-refractivity contribution in [3.05, 3.63) is 0 Å². The van der Waals surface area contributed by atoms with Gasteiger partial charge in [0.05, 0.1) is 0 Å². The zero-order valence-corrected chi connectivity index (χ0v) is 8.06. The number of likely N-dealkylation sites (N-methyl/N-ethyl adjacent to an activating group) is 2. The van der Waals surface area contributed by atoms with Crippen LogP contribution in [-0.4, -0.2) is 51.7 Å². The van der Waals surface area contributed by atoms with Gasteiger partial charge in [-0.15, -0.1) is 0 Å². The molecule has 11 heavy (non-hydrogen) atoms. The summed E-state index contributed by atoms with van der Waals surface area (Å²) < 4.78 is 21.9. The number of nitrogens with zero attached hydrogens (tertiary/aromatic N) is 2. The maximum atomic E-state index is 10.3. The molecule has 0 aliphatic carbocycles. The van der Waals surface area contributed by atoms with E-state index in [9.17, 15) is 8.76 Å². The SMILES string of the molecule is CCN(C)CCN(C)S(=O)[O-]. The van der Waals surface area contributed by atoms with Crippen LogP contribution in [0.2, 0.25) is 0 Å². The highest BCUT2D eigenvalue weighted by Crippen LogP contribution is 1.87. The van der Waals surface area contributed by atoms with Crippen LogP contribution < -0.4 is 0 Å². The summed E-state index contributed by atoms with van der Waals surface area (Å²) in [5.41, 5.74) is 0. The fraction of sp³-hybridized carbons (Fsp3) is 1.00. The van der Waals surface area contributed by atoms with Gasteiger partial charge in [0, 0.05) is 24.4 Å². The van der Waals surface area contributed by atoms with E-state index in [1.54, 1.807) is 7.05 Å². The first-order valence-corrected chi connectivity index (χ1v) is 4.60. The standard InChI is InChI=1S/C6H16N2O2S/c1-4-7(2)5-6-8(3)11(9)10/h4-6H2,1-3H3,(H,9,10)/p-1. The molecule has 0 rings (SSSR count). The Balaban J connectivity index is 3.45. The van der Waals surface area contributed by atoms with Crippen molar-refractivity contribution in [2.24, 2.45) is 0 Å². The Morgan fingerprint density at radius 3 is 2.27 bits per heavy atom. The molecule has 4 nitrogen and oxygen atoms in total. The molecular formula is C6H15N2O2S-. The second-order valence-electron chi connectivity index (χ2n) is 2.46. The molecule has 0 amide bonds. The van der Waals surface area contributed by atoms with Crippen LogP contribution >= 0.6 is 0 Å². The lowest BCUT2D eigenvalue weighted by atomic mass is 10.5. The van der Waals surface area contributed by atoms with Crippen molar-refractivity contribution in [1.29, 1.82) is 0 Å². The molecule has 1 atom stereocenters. The van der Waals surface area contributed by atoms with Crippen LogP contribution in [0.5, 0.6) is 0 Å². The zero-order chi connectivity index (χ0) is 8.85. The summed E-state index contributed by atoms with van der Waals surface area (Å²) in [5.74, 6) is 0. The van der Waals surface area contributed by atoms with Gasteiger partial charge in [0.2, 0.25) is 0 Å². The van der Waals surface area contributed by atoms with Gasteiger partial charge >= 0.3 is 0 Å². The lowest BCUT2D eigenvalue weighted by Gasteiger charge is -2.21. The Bertz CT molecular complexity index is 132. The van der Waals surface area contributed by atoms with E-state index in [2.05, 4.69) is 4.90 Å². The van der Waals surface area contributed by atoms with Gasteiger partial charge in [-0.05, 0) is 20.6 Å². The van der Waals surface area contributed by atoms with Crippen molar-refractivity contribution < 1.29 is 8.76 Å². The van der Waals surface area contributed by atoms with Gasteiger partial charge in [-0.2, -0.15) is 0 Å². The molecule has 0 aliphatic rings. The first kappa shape index (κ1) is 11.0. The summed E-state index contributed by atoms with van der Waals surface area (Å²) in [6.45, 7) is 4.31. The van der Waals surface area contributed by atoms with Gasteiger partial charge in [0.25, 0.3) is 0 Å². The zero-order valence-electron chi connectivity index (χ0n) is 7.24. The van der Waals surface area contributed by atoms with Gasteiger partial charge in [-0.3, -0.25) is 4.21 Å². The van der Waals surface area contributed by atoms with E-state index < -0.39 is 11.3 Å². The third kappa shape index (κ3) is 5.32. The highest BCUT2D eigenvalue weighted by atomic mass is 32.2. The molecule has 0 saturated heterocycles. The molecule has 68 valence electrons. The summed E-state index contributed by atoms with van der Waals surface area (Å²) >= 11 is -2.07. The molecular weight excluding hydrogens is 164 g/mol. The molecule has 0 radical (unpaired) electrons. The first-order chi connectivity index (χ1) is 5.07. The highest BCUT2D eigenvalue weighted by molar-refractivity contribution is 7.76. The topological polar surface area (TPSA) is 46.6 Å². The van der Waals surface area contributed by atoms with E-state index in [0.717, 1.165) is 13.1 Å². The minimum atomic E-state index is -2.07. The fourth-order valence-corrected chi connectivity index (χ4v) is 0.775. The van der Waals surface area contributed by atoms with Gasteiger partial charge in [-0.1, -0.05) is 6.92 Å². The molecule has 0 bridgehead atoms. The normalized spacial score (nSPS) is 14.4. The molecule has 0 aromatic carbocycles. The van der Waals surface area contributed by atoms with Crippen LogP contribution in [0.25, 0.3) is 0 Å². The average molecular weight is 179 g/mol. The van der Waals surface area contributed by atoms with Crippen LogP contribution in [0.3, 0.4) is 0 Å². The van der Waals surface area contributed by atoms with Crippen LogP contribution in [0.15, 0.2) is 0 Å². The maximum absolute atomic E-state index is 10.3. The molecule has 0 aromatic heterocycles. The van der Waals surface area contributed by atoms with Crippen LogP contribution in [0, 0.1) is 0 Å². The second-order valence-corrected chi connectivity index (χ2v) is 3.52. The lowest BCUT2D eigenvalue weighted by Crippen LogP contribution is -2.31. The summed E-state index contributed by atoms with van der Waals surface area (Å²) in [7, 11) is 3.52. The summed E-state index contributed by atoms with van der Waals surface area (Å²) in [6.07, 6.45) is 0. The third-order valence-corrected chi connectivity index (χ3v) is 2.28. The number of hydrogen-bond acceptors (Lipinski definition) is 3. The molecule has 0 N–H and O–H groups in total. The highest BCUT2D eigenvalue weighted by Gasteiger charge is 1.98. The van der Waals surface area contributed by atoms with Crippen molar-refractivity contribution in [1.82, 2.24) is 9.21 Å². The lowest BCUT2D eigenvalue weighted by molar-refractivity contribution is 0.317. The Morgan fingerprint density at radius 1 is 1.36 bits per heavy atom. The maximum Gasteiger partial charge on any atom is 0.0227 e. The smallest absolute Gasteiger partial charge is 0.0227 e.